The van der Waals surface area contributed by atoms with Crippen molar-refractivity contribution in [2.45, 2.75) is 20.3 Å². The molecule has 122 valence electrons. The third-order valence-corrected chi connectivity index (χ3v) is 3.35. The first-order valence-corrected chi connectivity index (χ1v) is 7.30. The van der Waals surface area contributed by atoms with Crippen molar-refractivity contribution in [2.75, 3.05) is 5.32 Å². The molecule has 1 N–H and O–H groups in total. The van der Waals surface area contributed by atoms with Crippen LogP contribution in [0.5, 0.6) is 0 Å². The molecular weight excluding hydrogens is 312 g/mol. The summed E-state index contributed by atoms with van der Waals surface area (Å²) in [4.78, 5) is 16.2. The van der Waals surface area contributed by atoms with Crippen LogP contribution in [-0.2, 0) is 0 Å². The van der Waals surface area contributed by atoms with Crippen molar-refractivity contribution in [3.63, 3.8) is 0 Å². The molecule has 0 spiro atoms. The van der Waals surface area contributed by atoms with E-state index in [1.165, 1.54) is 12.3 Å². The normalized spacial score (nSPS) is 10.9. The lowest BCUT2D eigenvalue weighted by Crippen LogP contribution is -2.00. The number of hydrogen-bond donors (Lipinski definition) is 1. The predicted octanol–water partition coefficient (Wildman–Crippen LogP) is 4.23. The molecule has 3 aromatic rings. The molecule has 2 aromatic heterocycles. The lowest BCUT2D eigenvalue weighted by Gasteiger charge is -2.10. The van der Waals surface area contributed by atoms with Crippen LogP contribution in [0.2, 0.25) is 0 Å². The topological polar surface area (TPSA) is 63.6 Å². The van der Waals surface area contributed by atoms with Crippen molar-refractivity contribution in [3.8, 4) is 11.1 Å². The van der Waals surface area contributed by atoms with E-state index >= 15 is 0 Å². The van der Waals surface area contributed by atoms with Crippen LogP contribution in [0.4, 0.5) is 20.4 Å². The summed E-state index contributed by atoms with van der Waals surface area (Å²) in [5.74, 6) is 0.825. The van der Waals surface area contributed by atoms with Crippen LogP contribution in [0.3, 0.4) is 0 Å². The minimum Gasteiger partial charge on any atom is -0.324 e. The third-order valence-electron chi connectivity index (χ3n) is 3.35. The van der Waals surface area contributed by atoms with Crippen LogP contribution < -0.4 is 5.32 Å². The summed E-state index contributed by atoms with van der Waals surface area (Å²) in [6.07, 6.45) is 2.16. The quantitative estimate of drug-likeness (QED) is 0.777. The van der Waals surface area contributed by atoms with Gasteiger partial charge in [-0.15, -0.1) is 0 Å². The van der Waals surface area contributed by atoms with Crippen LogP contribution in [0, 0.1) is 13.8 Å². The van der Waals surface area contributed by atoms with E-state index in [1.54, 1.807) is 12.4 Å². The van der Waals surface area contributed by atoms with Gasteiger partial charge >= 0.3 is 0 Å². The standard InChI is InChI=1S/C17H15F2N5/c1-10-5-12(13-8-21-11(2)22-9-13)7-14(6-10)23-17-20-4-3-15(24-17)16(18)19/h3-9,16H,1-2H3,(H,20,23,24). The van der Waals surface area contributed by atoms with Crippen molar-refractivity contribution in [1.82, 2.24) is 19.9 Å². The summed E-state index contributed by atoms with van der Waals surface area (Å²) in [5, 5.41) is 2.97. The van der Waals surface area contributed by atoms with E-state index in [0.717, 1.165) is 16.7 Å². The number of anilines is 2. The maximum absolute atomic E-state index is 12.7. The highest BCUT2D eigenvalue weighted by molar-refractivity contribution is 5.69. The van der Waals surface area contributed by atoms with Gasteiger partial charge in [0, 0.05) is 29.8 Å². The fourth-order valence-corrected chi connectivity index (χ4v) is 2.25. The first-order chi connectivity index (χ1) is 11.5. The van der Waals surface area contributed by atoms with Gasteiger partial charge in [0.1, 0.15) is 11.5 Å². The van der Waals surface area contributed by atoms with Gasteiger partial charge in [-0.05, 0) is 43.2 Å². The Morgan fingerprint density at radius 1 is 0.958 bits per heavy atom. The summed E-state index contributed by atoms with van der Waals surface area (Å²) in [6.45, 7) is 3.76. The predicted molar refractivity (Wildman–Crippen MR) is 87.2 cm³/mol. The van der Waals surface area contributed by atoms with Crippen molar-refractivity contribution >= 4 is 11.6 Å². The Balaban J connectivity index is 1.91. The number of nitrogens with zero attached hydrogens (tertiary/aromatic N) is 4. The van der Waals surface area contributed by atoms with Crippen LogP contribution in [0.15, 0.2) is 42.9 Å². The molecule has 0 unspecified atom stereocenters. The highest BCUT2D eigenvalue weighted by Gasteiger charge is 2.10. The minimum absolute atomic E-state index is 0.129. The zero-order chi connectivity index (χ0) is 17.1. The van der Waals surface area contributed by atoms with Crippen molar-refractivity contribution < 1.29 is 8.78 Å². The Bertz CT molecular complexity index is 850. The molecule has 0 aliphatic carbocycles. The monoisotopic (exact) mass is 327 g/mol. The summed E-state index contributed by atoms with van der Waals surface area (Å²) in [7, 11) is 0. The van der Waals surface area contributed by atoms with Gasteiger partial charge in [-0.1, -0.05) is 6.07 Å². The summed E-state index contributed by atoms with van der Waals surface area (Å²) < 4.78 is 25.5. The van der Waals surface area contributed by atoms with E-state index in [9.17, 15) is 8.78 Å². The van der Waals surface area contributed by atoms with Crippen LogP contribution in [0.1, 0.15) is 23.5 Å². The van der Waals surface area contributed by atoms with Gasteiger partial charge < -0.3 is 5.32 Å². The molecule has 0 bridgehead atoms. The molecule has 0 atom stereocenters. The Labute approximate surface area is 137 Å². The summed E-state index contributed by atoms with van der Waals surface area (Å²) >= 11 is 0. The van der Waals surface area contributed by atoms with Crippen LogP contribution in [-0.4, -0.2) is 19.9 Å². The number of benzene rings is 1. The van der Waals surface area contributed by atoms with Gasteiger partial charge in [0.15, 0.2) is 0 Å². The molecule has 0 aliphatic heterocycles. The van der Waals surface area contributed by atoms with Crippen molar-refractivity contribution in [3.05, 3.63) is 59.9 Å². The molecule has 0 fully saturated rings. The Morgan fingerprint density at radius 2 is 1.71 bits per heavy atom. The van der Waals surface area contributed by atoms with Gasteiger partial charge in [0.25, 0.3) is 6.43 Å². The maximum Gasteiger partial charge on any atom is 0.280 e. The number of aromatic nitrogens is 4. The Kier molecular flexibility index (Phi) is 4.41. The van der Waals surface area contributed by atoms with E-state index in [2.05, 4.69) is 25.3 Å². The second-order valence-corrected chi connectivity index (χ2v) is 5.34. The van der Waals surface area contributed by atoms with E-state index in [-0.39, 0.29) is 11.6 Å². The first-order valence-electron chi connectivity index (χ1n) is 7.30. The minimum atomic E-state index is -2.63. The molecule has 0 saturated carbocycles. The van der Waals surface area contributed by atoms with Crippen LogP contribution >= 0.6 is 0 Å². The summed E-state index contributed by atoms with van der Waals surface area (Å²) in [6, 6.07) is 6.95. The largest absolute Gasteiger partial charge is 0.324 e. The number of rotatable bonds is 4. The zero-order valence-corrected chi connectivity index (χ0v) is 13.2. The molecule has 7 heteroatoms. The van der Waals surface area contributed by atoms with Gasteiger partial charge in [0.05, 0.1) is 0 Å². The molecule has 5 nitrogen and oxygen atoms in total. The second-order valence-electron chi connectivity index (χ2n) is 5.34. The highest BCUT2D eigenvalue weighted by atomic mass is 19.3. The average molecular weight is 327 g/mol. The van der Waals surface area contributed by atoms with E-state index in [1.807, 2.05) is 32.0 Å². The Hall–Kier alpha value is -2.96. The molecule has 3 rings (SSSR count). The number of aryl methyl sites for hydroxylation is 2. The SMILES string of the molecule is Cc1cc(Nc2nccc(C(F)F)n2)cc(-c2cnc(C)nc2)c1. The molecule has 1 aromatic carbocycles. The van der Waals surface area contributed by atoms with Gasteiger partial charge in [-0.2, -0.15) is 0 Å². The smallest absolute Gasteiger partial charge is 0.280 e. The number of halogens is 2. The lowest BCUT2D eigenvalue weighted by atomic mass is 10.1. The van der Waals surface area contributed by atoms with Gasteiger partial charge in [-0.3, -0.25) is 0 Å². The average Bonchev–Trinajstić information content (AvgIpc) is 2.55. The van der Waals surface area contributed by atoms with E-state index in [4.69, 9.17) is 0 Å². The fourth-order valence-electron chi connectivity index (χ4n) is 2.25. The molecule has 24 heavy (non-hydrogen) atoms. The van der Waals surface area contributed by atoms with Gasteiger partial charge in [-0.25, -0.2) is 28.7 Å². The van der Waals surface area contributed by atoms with Crippen LogP contribution in [0.25, 0.3) is 11.1 Å². The molecule has 0 aliphatic rings. The second kappa shape index (κ2) is 6.66. The van der Waals surface area contributed by atoms with Crippen molar-refractivity contribution in [2.24, 2.45) is 0 Å². The first kappa shape index (κ1) is 15.9. The molecule has 0 saturated heterocycles. The lowest BCUT2D eigenvalue weighted by molar-refractivity contribution is 0.146. The Morgan fingerprint density at radius 3 is 2.42 bits per heavy atom. The molecule has 0 amide bonds. The van der Waals surface area contributed by atoms with Crippen molar-refractivity contribution in [1.29, 1.82) is 0 Å². The van der Waals surface area contributed by atoms with E-state index < -0.39 is 6.43 Å². The molecule has 0 radical (unpaired) electrons. The zero-order valence-electron chi connectivity index (χ0n) is 13.2. The summed E-state index contributed by atoms with van der Waals surface area (Å²) in [5.41, 5.74) is 3.18. The molecular formula is C17H15F2N5. The number of alkyl halides is 2. The number of hydrogen-bond acceptors (Lipinski definition) is 5. The maximum atomic E-state index is 12.7. The highest BCUT2D eigenvalue weighted by Crippen LogP contribution is 2.25. The number of nitrogens with one attached hydrogen (secondary N) is 1. The molecule has 2 heterocycles. The van der Waals surface area contributed by atoms with E-state index in [0.29, 0.717) is 11.5 Å². The van der Waals surface area contributed by atoms with Gasteiger partial charge in [0.2, 0.25) is 5.95 Å². The third kappa shape index (κ3) is 3.68. The fraction of sp³-hybridized carbons (Fsp3) is 0.176.